The van der Waals surface area contributed by atoms with Crippen LogP contribution >= 0.6 is 12.1 Å². The monoisotopic (exact) mass is 406 g/mol. The van der Waals surface area contributed by atoms with Crippen molar-refractivity contribution in [1.29, 1.82) is 0 Å². The third kappa shape index (κ3) is 4.82. The van der Waals surface area contributed by atoms with Gasteiger partial charge < -0.3 is 4.74 Å². The molecule has 1 aromatic carbocycles. The molecule has 3 fully saturated rings. The fraction of sp³-hybridized carbons (Fsp3) is 0.682. The van der Waals surface area contributed by atoms with Crippen LogP contribution in [0.4, 0.5) is 4.39 Å². The van der Waals surface area contributed by atoms with Crippen molar-refractivity contribution >= 4 is 18.0 Å². The maximum Gasteiger partial charge on any atom is 0.265 e. The number of carbonyl (C=O) groups is 1. The predicted molar refractivity (Wildman–Crippen MR) is 111 cm³/mol. The number of nitrogens with zero attached hydrogens (tertiary/aromatic N) is 1. The van der Waals surface area contributed by atoms with Crippen molar-refractivity contribution in [1.82, 2.24) is 9.03 Å². The van der Waals surface area contributed by atoms with Crippen LogP contribution in [0.25, 0.3) is 0 Å². The van der Waals surface area contributed by atoms with Gasteiger partial charge in [0.2, 0.25) is 0 Å². The van der Waals surface area contributed by atoms with Crippen molar-refractivity contribution in [2.24, 2.45) is 11.3 Å². The summed E-state index contributed by atoms with van der Waals surface area (Å²) in [5, 5.41) is 0. The van der Waals surface area contributed by atoms with E-state index in [-0.39, 0.29) is 11.5 Å². The molecule has 3 aliphatic rings. The second-order valence-electron chi connectivity index (χ2n) is 9.37. The standard InChI is InChI=1S/C22H31FN2O2S/c1-22(2)8-6-15(7-9-22)14-27-20-13-19(23)18(12-17(20)16-4-5-16)21(26)24-28-25-10-3-11-25/h12-13,15-16H,3-11,14H2,1-2H3,(H,24,26). The summed E-state index contributed by atoms with van der Waals surface area (Å²) in [5.74, 6) is 0.717. The van der Waals surface area contributed by atoms with E-state index in [9.17, 15) is 9.18 Å². The van der Waals surface area contributed by atoms with Crippen LogP contribution in [-0.4, -0.2) is 29.9 Å². The third-order valence-electron chi connectivity index (χ3n) is 6.38. The van der Waals surface area contributed by atoms with Gasteiger partial charge in [0.25, 0.3) is 5.91 Å². The van der Waals surface area contributed by atoms with Crippen molar-refractivity contribution in [3.8, 4) is 5.75 Å². The molecule has 4 nitrogen and oxygen atoms in total. The number of ether oxygens (including phenoxy) is 1. The fourth-order valence-electron chi connectivity index (χ4n) is 3.96. The predicted octanol–water partition coefficient (Wildman–Crippen LogP) is 5.30. The van der Waals surface area contributed by atoms with Crippen molar-refractivity contribution in [3.63, 3.8) is 0 Å². The van der Waals surface area contributed by atoms with Crippen LogP contribution in [0.3, 0.4) is 0 Å². The molecule has 1 saturated heterocycles. The van der Waals surface area contributed by atoms with E-state index < -0.39 is 5.82 Å². The van der Waals surface area contributed by atoms with Crippen LogP contribution in [-0.2, 0) is 0 Å². The van der Waals surface area contributed by atoms with Gasteiger partial charge in [-0.15, -0.1) is 0 Å². The zero-order chi connectivity index (χ0) is 19.7. The van der Waals surface area contributed by atoms with Crippen molar-refractivity contribution in [3.05, 3.63) is 29.1 Å². The number of hydrogen-bond acceptors (Lipinski definition) is 4. The Hall–Kier alpha value is -1.27. The van der Waals surface area contributed by atoms with Crippen molar-refractivity contribution < 1.29 is 13.9 Å². The van der Waals surface area contributed by atoms with Gasteiger partial charge in [-0.2, -0.15) is 0 Å². The van der Waals surface area contributed by atoms with Crippen LogP contribution in [0.15, 0.2) is 12.1 Å². The first-order valence-corrected chi connectivity index (χ1v) is 11.4. The first-order chi connectivity index (χ1) is 13.4. The van der Waals surface area contributed by atoms with Crippen LogP contribution in [0.5, 0.6) is 5.75 Å². The zero-order valence-electron chi connectivity index (χ0n) is 16.9. The molecule has 0 spiro atoms. The Morgan fingerprint density at radius 3 is 2.57 bits per heavy atom. The van der Waals surface area contributed by atoms with E-state index in [0.29, 0.717) is 29.6 Å². The number of hydrogen-bond donors (Lipinski definition) is 1. The highest BCUT2D eigenvalue weighted by atomic mass is 32.2. The first kappa shape index (κ1) is 20.0. The summed E-state index contributed by atoms with van der Waals surface area (Å²) in [6, 6.07) is 3.15. The average Bonchev–Trinajstić information content (AvgIpc) is 3.44. The van der Waals surface area contributed by atoms with Crippen LogP contribution in [0.1, 0.15) is 80.6 Å². The van der Waals surface area contributed by atoms with E-state index in [1.165, 1.54) is 43.9 Å². The van der Waals surface area contributed by atoms with Gasteiger partial charge in [0, 0.05) is 31.3 Å². The van der Waals surface area contributed by atoms with E-state index in [0.717, 1.165) is 37.9 Å². The lowest BCUT2D eigenvalue weighted by atomic mass is 9.73. The second-order valence-corrected chi connectivity index (χ2v) is 10.3. The molecule has 1 aromatic rings. The van der Waals surface area contributed by atoms with Gasteiger partial charge >= 0.3 is 0 Å². The Kier molecular flexibility index (Phi) is 5.88. The Bertz CT molecular complexity index is 721. The lowest BCUT2D eigenvalue weighted by molar-refractivity contribution is 0.0978. The summed E-state index contributed by atoms with van der Waals surface area (Å²) in [6.45, 7) is 7.23. The second kappa shape index (κ2) is 8.23. The minimum atomic E-state index is -0.495. The van der Waals surface area contributed by atoms with Crippen molar-refractivity contribution in [2.45, 2.75) is 64.7 Å². The maximum atomic E-state index is 14.7. The highest BCUT2D eigenvalue weighted by molar-refractivity contribution is 7.95. The van der Waals surface area contributed by atoms with E-state index in [2.05, 4.69) is 22.9 Å². The lowest BCUT2D eigenvalue weighted by Crippen LogP contribution is -2.35. The molecule has 4 rings (SSSR count). The molecule has 0 unspecified atom stereocenters. The van der Waals surface area contributed by atoms with Gasteiger partial charge in [-0.3, -0.25) is 9.52 Å². The van der Waals surface area contributed by atoms with Gasteiger partial charge in [0.15, 0.2) is 0 Å². The smallest absolute Gasteiger partial charge is 0.265 e. The molecule has 1 heterocycles. The van der Waals surface area contributed by atoms with E-state index in [4.69, 9.17) is 4.74 Å². The molecule has 0 radical (unpaired) electrons. The van der Waals surface area contributed by atoms with Gasteiger partial charge in [-0.1, -0.05) is 13.8 Å². The van der Waals surface area contributed by atoms with Crippen LogP contribution < -0.4 is 9.46 Å². The first-order valence-electron chi connectivity index (χ1n) is 10.6. The minimum Gasteiger partial charge on any atom is -0.493 e. The molecule has 0 bridgehead atoms. The SMILES string of the molecule is CC1(C)CCC(COc2cc(F)c(C(=O)NSN3CCC3)cc2C2CC2)CC1. The minimum absolute atomic E-state index is 0.127. The van der Waals surface area contributed by atoms with E-state index >= 15 is 0 Å². The molecule has 0 atom stereocenters. The van der Waals surface area contributed by atoms with Gasteiger partial charge in [0.05, 0.1) is 12.2 Å². The molecule has 1 amide bonds. The Labute approximate surface area is 171 Å². The fourth-order valence-corrected chi connectivity index (χ4v) is 4.72. The zero-order valence-corrected chi connectivity index (χ0v) is 17.7. The summed E-state index contributed by atoms with van der Waals surface area (Å²) < 4.78 is 25.6. The summed E-state index contributed by atoms with van der Waals surface area (Å²) >= 11 is 1.27. The topological polar surface area (TPSA) is 41.6 Å². The molecule has 6 heteroatoms. The summed E-state index contributed by atoms with van der Waals surface area (Å²) in [7, 11) is 0. The Morgan fingerprint density at radius 1 is 1.25 bits per heavy atom. The number of carbonyl (C=O) groups excluding carboxylic acids is 1. The Balaban J connectivity index is 1.41. The molecular formula is C22H31FN2O2S. The maximum absolute atomic E-state index is 14.7. The number of amides is 1. The highest BCUT2D eigenvalue weighted by Gasteiger charge is 2.31. The normalized spacial score (nSPS) is 22.5. The van der Waals surface area contributed by atoms with Crippen molar-refractivity contribution in [2.75, 3.05) is 19.7 Å². The van der Waals surface area contributed by atoms with Gasteiger partial charge in [-0.25, -0.2) is 8.70 Å². The molecule has 1 aliphatic heterocycles. The number of halogens is 1. The van der Waals surface area contributed by atoms with Crippen LogP contribution in [0.2, 0.25) is 0 Å². The van der Waals surface area contributed by atoms with Gasteiger partial charge in [0.1, 0.15) is 11.6 Å². The summed E-state index contributed by atoms with van der Waals surface area (Å²) in [5.41, 5.74) is 1.56. The molecular weight excluding hydrogens is 375 g/mol. The molecule has 1 N–H and O–H groups in total. The van der Waals surface area contributed by atoms with Gasteiger partial charge in [-0.05, 0) is 73.8 Å². The number of benzene rings is 1. The Morgan fingerprint density at radius 2 is 1.96 bits per heavy atom. The quantitative estimate of drug-likeness (QED) is 0.624. The summed E-state index contributed by atoms with van der Waals surface area (Å²) in [4.78, 5) is 12.4. The summed E-state index contributed by atoms with van der Waals surface area (Å²) in [6.07, 6.45) is 8.10. The average molecular weight is 407 g/mol. The molecule has 28 heavy (non-hydrogen) atoms. The van der Waals surface area contributed by atoms with E-state index in [1.807, 2.05) is 0 Å². The molecule has 2 aliphatic carbocycles. The largest absolute Gasteiger partial charge is 0.493 e. The number of rotatable bonds is 7. The lowest BCUT2D eigenvalue weighted by Gasteiger charge is -2.34. The molecule has 2 saturated carbocycles. The molecule has 0 aromatic heterocycles. The number of nitrogens with one attached hydrogen (secondary N) is 1. The molecule has 154 valence electrons. The highest BCUT2D eigenvalue weighted by Crippen LogP contribution is 2.45. The van der Waals surface area contributed by atoms with E-state index in [1.54, 1.807) is 6.07 Å². The third-order valence-corrected chi connectivity index (χ3v) is 7.28. The van der Waals surface area contributed by atoms with Crippen LogP contribution in [0, 0.1) is 17.2 Å².